The number of hydrogen-bond donors (Lipinski definition) is 2. The standard InChI is InChI=1S/C9H12BrNO3S/c1-15(13,14)8-4-2-3-6(10)9(8)7(12)5-11/h2-4,7,12H,5,11H2,1H3. The van der Waals surface area contributed by atoms with Crippen LogP contribution < -0.4 is 5.73 Å². The van der Waals surface area contributed by atoms with Gasteiger partial charge in [0.05, 0.1) is 11.0 Å². The molecule has 0 aliphatic carbocycles. The van der Waals surface area contributed by atoms with Crippen LogP contribution in [0.15, 0.2) is 27.6 Å². The highest BCUT2D eigenvalue weighted by molar-refractivity contribution is 9.10. The second kappa shape index (κ2) is 4.61. The highest BCUT2D eigenvalue weighted by atomic mass is 79.9. The van der Waals surface area contributed by atoms with Gasteiger partial charge in [-0.15, -0.1) is 0 Å². The molecule has 1 aromatic rings. The lowest BCUT2D eigenvalue weighted by Crippen LogP contribution is -2.15. The van der Waals surface area contributed by atoms with E-state index in [-0.39, 0.29) is 11.4 Å². The van der Waals surface area contributed by atoms with Gasteiger partial charge in [0.1, 0.15) is 0 Å². The molecule has 0 saturated carbocycles. The van der Waals surface area contributed by atoms with Crippen molar-refractivity contribution in [3.8, 4) is 0 Å². The van der Waals surface area contributed by atoms with Gasteiger partial charge in [0.15, 0.2) is 9.84 Å². The van der Waals surface area contributed by atoms with Crippen LogP contribution in [0.4, 0.5) is 0 Å². The van der Waals surface area contributed by atoms with Gasteiger partial charge in [0, 0.05) is 22.8 Å². The van der Waals surface area contributed by atoms with Gasteiger partial charge in [0.2, 0.25) is 0 Å². The smallest absolute Gasteiger partial charge is 0.175 e. The van der Waals surface area contributed by atoms with Gasteiger partial charge in [-0.05, 0) is 12.1 Å². The molecule has 1 aromatic carbocycles. The minimum atomic E-state index is -3.36. The van der Waals surface area contributed by atoms with Crippen LogP contribution in [0.2, 0.25) is 0 Å². The van der Waals surface area contributed by atoms with E-state index in [1.807, 2.05) is 0 Å². The summed E-state index contributed by atoms with van der Waals surface area (Å²) >= 11 is 3.20. The van der Waals surface area contributed by atoms with E-state index in [2.05, 4.69) is 15.9 Å². The van der Waals surface area contributed by atoms with E-state index in [1.54, 1.807) is 12.1 Å². The number of benzene rings is 1. The third kappa shape index (κ3) is 2.78. The predicted octanol–water partition coefficient (Wildman–Crippen LogP) is 0.845. The van der Waals surface area contributed by atoms with Crippen molar-refractivity contribution in [2.45, 2.75) is 11.0 Å². The molecule has 0 heterocycles. The van der Waals surface area contributed by atoms with Gasteiger partial charge in [0.25, 0.3) is 0 Å². The molecule has 0 aromatic heterocycles. The molecule has 6 heteroatoms. The van der Waals surface area contributed by atoms with E-state index in [0.717, 1.165) is 6.26 Å². The van der Waals surface area contributed by atoms with Crippen LogP contribution in [0, 0.1) is 0 Å². The van der Waals surface area contributed by atoms with Crippen LogP contribution in [0.5, 0.6) is 0 Å². The average Bonchev–Trinajstić information content (AvgIpc) is 2.15. The summed E-state index contributed by atoms with van der Waals surface area (Å²) < 4.78 is 23.5. The van der Waals surface area contributed by atoms with Crippen molar-refractivity contribution in [1.29, 1.82) is 0 Å². The number of sulfone groups is 1. The highest BCUT2D eigenvalue weighted by Gasteiger charge is 2.20. The lowest BCUT2D eigenvalue weighted by molar-refractivity contribution is 0.183. The van der Waals surface area contributed by atoms with Gasteiger partial charge < -0.3 is 10.8 Å². The Kier molecular flexibility index (Phi) is 3.88. The SMILES string of the molecule is CS(=O)(=O)c1cccc(Br)c1C(O)CN. The molecule has 1 atom stereocenters. The molecule has 0 saturated heterocycles. The highest BCUT2D eigenvalue weighted by Crippen LogP contribution is 2.29. The van der Waals surface area contributed by atoms with E-state index >= 15 is 0 Å². The molecule has 1 rings (SSSR count). The van der Waals surface area contributed by atoms with Crippen molar-refractivity contribution in [2.75, 3.05) is 12.8 Å². The first kappa shape index (κ1) is 12.6. The molecule has 4 nitrogen and oxygen atoms in total. The lowest BCUT2D eigenvalue weighted by Gasteiger charge is -2.14. The zero-order valence-corrected chi connectivity index (χ0v) is 10.5. The first-order chi connectivity index (χ1) is 6.88. The molecule has 15 heavy (non-hydrogen) atoms. The molecule has 84 valence electrons. The Morgan fingerprint density at radius 1 is 1.53 bits per heavy atom. The summed E-state index contributed by atoms with van der Waals surface area (Å²) in [4.78, 5) is 0.106. The number of hydrogen-bond acceptors (Lipinski definition) is 4. The van der Waals surface area contributed by atoms with Crippen LogP contribution in [-0.4, -0.2) is 26.3 Å². The fraction of sp³-hybridized carbons (Fsp3) is 0.333. The van der Waals surface area contributed by atoms with Crippen molar-refractivity contribution in [3.63, 3.8) is 0 Å². The minimum absolute atomic E-state index is 0.0227. The average molecular weight is 294 g/mol. The maximum absolute atomic E-state index is 11.5. The Morgan fingerprint density at radius 3 is 2.60 bits per heavy atom. The minimum Gasteiger partial charge on any atom is -0.387 e. The molecule has 0 bridgehead atoms. The van der Waals surface area contributed by atoms with Crippen molar-refractivity contribution in [3.05, 3.63) is 28.2 Å². The Hall–Kier alpha value is -0.430. The molecule has 0 radical (unpaired) electrons. The largest absolute Gasteiger partial charge is 0.387 e. The monoisotopic (exact) mass is 293 g/mol. The van der Waals surface area contributed by atoms with E-state index in [4.69, 9.17) is 5.73 Å². The Morgan fingerprint density at radius 2 is 2.13 bits per heavy atom. The second-order valence-corrected chi connectivity index (χ2v) is 6.01. The van der Waals surface area contributed by atoms with Gasteiger partial charge >= 0.3 is 0 Å². The number of nitrogens with two attached hydrogens (primary N) is 1. The molecule has 0 aliphatic heterocycles. The molecule has 0 aliphatic rings. The van der Waals surface area contributed by atoms with E-state index in [1.165, 1.54) is 6.07 Å². The summed E-state index contributed by atoms with van der Waals surface area (Å²) in [5.41, 5.74) is 5.64. The number of aliphatic hydroxyl groups excluding tert-OH is 1. The third-order valence-corrected chi connectivity index (χ3v) is 3.82. The molecule has 3 N–H and O–H groups in total. The van der Waals surface area contributed by atoms with Crippen molar-refractivity contribution in [1.82, 2.24) is 0 Å². The summed E-state index contributed by atoms with van der Waals surface area (Å²) in [6, 6.07) is 4.73. The van der Waals surface area contributed by atoms with Crippen LogP contribution in [0.1, 0.15) is 11.7 Å². The summed E-state index contributed by atoms with van der Waals surface area (Å²) in [5.74, 6) is 0. The zero-order chi connectivity index (χ0) is 11.6. The summed E-state index contributed by atoms with van der Waals surface area (Å²) in [6.07, 6.45) is 0.118. The molecule has 0 spiro atoms. The fourth-order valence-electron chi connectivity index (χ4n) is 1.28. The van der Waals surface area contributed by atoms with Crippen molar-refractivity contribution >= 4 is 25.8 Å². The molecule has 0 amide bonds. The van der Waals surface area contributed by atoms with Gasteiger partial charge in [-0.2, -0.15) is 0 Å². The topological polar surface area (TPSA) is 80.4 Å². The molecule has 0 fully saturated rings. The van der Waals surface area contributed by atoms with Crippen LogP contribution in [0.3, 0.4) is 0 Å². The maximum atomic E-state index is 11.5. The fourth-order valence-corrected chi connectivity index (χ4v) is 3.01. The van der Waals surface area contributed by atoms with Gasteiger partial charge in [-0.3, -0.25) is 0 Å². The summed E-state index contributed by atoms with van der Waals surface area (Å²) in [6.45, 7) is -0.0227. The lowest BCUT2D eigenvalue weighted by atomic mass is 10.1. The Labute approximate surface area is 97.2 Å². The third-order valence-electron chi connectivity index (χ3n) is 1.97. The number of aliphatic hydroxyl groups is 1. The van der Waals surface area contributed by atoms with Gasteiger partial charge in [-0.1, -0.05) is 22.0 Å². The Bertz CT molecular complexity index is 458. The quantitative estimate of drug-likeness (QED) is 0.866. The second-order valence-electron chi connectivity index (χ2n) is 3.18. The number of halogens is 1. The van der Waals surface area contributed by atoms with Crippen molar-refractivity contribution < 1.29 is 13.5 Å². The van der Waals surface area contributed by atoms with Gasteiger partial charge in [-0.25, -0.2) is 8.42 Å². The van der Waals surface area contributed by atoms with E-state index in [9.17, 15) is 13.5 Å². The van der Waals surface area contributed by atoms with E-state index in [0.29, 0.717) is 10.0 Å². The molecular weight excluding hydrogens is 282 g/mol. The Balaban J connectivity index is 3.47. The molecule has 1 unspecified atom stereocenters. The predicted molar refractivity (Wildman–Crippen MR) is 61.3 cm³/mol. The summed E-state index contributed by atoms with van der Waals surface area (Å²) in [7, 11) is -3.36. The normalized spacial score (nSPS) is 13.9. The van der Waals surface area contributed by atoms with Crippen LogP contribution >= 0.6 is 15.9 Å². The van der Waals surface area contributed by atoms with Crippen molar-refractivity contribution in [2.24, 2.45) is 5.73 Å². The van der Waals surface area contributed by atoms with Crippen LogP contribution in [-0.2, 0) is 9.84 Å². The first-order valence-electron chi connectivity index (χ1n) is 4.24. The maximum Gasteiger partial charge on any atom is 0.175 e. The summed E-state index contributed by atoms with van der Waals surface area (Å²) in [5, 5.41) is 9.63. The van der Waals surface area contributed by atoms with Crippen LogP contribution in [0.25, 0.3) is 0 Å². The first-order valence-corrected chi connectivity index (χ1v) is 6.93. The zero-order valence-electron chi connectivity index (χ0n) is 8.14. The van der Waals surface area contributed by atoms with E-state index < -0.39 is 15.9 Å². The molecular formula is C9H12BrNO3S. The number of rotatable bonds is 3.